The van der Waals surface area contributed by atoms with Gasteiger partial charge in [-0.3, -0.25) is 0 Å². The van der Waals surface area contributed by atoms with Gasteiger partial charge in [0.1, 0.15) is 11.5 Å². The fourth-order valence-electron chi connectivity index (χ4n) is 1.92. The molecular formula is C18H23NO. The maximum atomic E-state index is 5.99. The zero-order valence-electron chi connectivity index (χ0n) is 12.7. The van der Waals surface area contributed by atoms with Crippen molar-refractivity contribution in [2.24, 2.45) is 0 Å². The Bertz CT molecular complexity index is 555. The Hall–Kier alpha value is -1.80. The fourth-order valence-corrected chi connectivity index (χ4v) is 1.92. The van der Waals surface area contributed by atoms with E-state index >= 15 is 0 Å². The molecule has 2 rings (SSSR count). The zero-order valence-corrected chi connectivity index (χ0v) is 12.7. The summed E-state index contributed by atoms with van der Waals surface area (Å²) in [5.74, 6) is 1.78. The van der Waals surface area contributed by atoms with Crippen molar-refractivity contribution in [2.45, 2.75) is 39.8 Å². The predicted molar refractivity (Wildman–Crippen MR) is 84.3 cm³/mol. The minimum absolute atomic E-state index is 0.0910. The highest BCUT2D eigenvalue weighted by Gasteiger charge is 2.11. The first-order valence-electron chi connectivity index (χ1n) is 7.01. The number of nitrogens with one attached hydrogen (secondary N) is 1. The van der Waals surface area contributed by atoms with Gasteiger partial charge >= 0.3 is 0 Å². The summed E-state index contributed by atoms with van der Waals surface area (Å²) in [7, 11) is 0. The van der Waals surface area contributed by atoms with Crippen LogP contribution in [0.2, 0.25) is 0 Å². The van der Waals surface area contributed by atoms with E-state index in [1.807, 2.05) is 36.4 Å². The minimum Gasteiger partial charge on any atom is -0.457 e. The summed E-state index contributed by atoms with van der Waals surface area (Å²) in [6.07, 6.45) is 0. The van der Waals surface area contributed by atoms with Crippen LogP contribution in [0.3, 0.4) is 0 Å². The van der Waals surface area contributed by atoms with Crippen LogP contribution in [-0.4, -0.2) is 5.54 Å². The van der Waals surface area contributed by atoms with Crippen molar-refractivity contribution in [3.05, 3.63) is 59.7 Å². The molecule has 0 aromatic heterocycles. The fraction of sp³-hybridized carbons (Fsp3) is 0.333. The molecule has 2 aromatic carbocycles. The highest BCUT2D eigenvalue weighted by molar-refractivity contribution is 5.40. The number of ether oxygens (including phenoxy) is 1. The van der Waals surface area contributed by atoms with Crippen molar-refractivity contribution in [2.75, 3.05) is 0 Å². The van der Waals surface area contributed by atoms with E-state index in [0.717, 1.165) is 18.0 Å². The molecule has 0 unspecified atom stereocenters. The molecule has 0 aliphatic carbocycles. The van der Waals surface area contributed by atoms with Crippen LogP contribution in [0.25, 0.3) is 0 Å². The molecule has 0 heterocycles. The van der Waals surface area contributed by atoms with Crippen molar-refractivity contribution in [3.63, 3.8) is 0 Å². The van der Waals surface area contributed by atoms with Crippen molar-refractivity contribution in [3.8, 4) is 11.5 Å². The molecule has 2 nitrogen and oxygen atoms in total. The topological polar surface area (TPSA) is 21.3 Å². The molecule has 2 heteroatoms. The Labute approximate surface area is 121 Å². The molecule has 0 aliphatic rings. The molecule has 0 saturated heterocycles. The Morgan fingerprint density at radius 2 is 1.70 bits per heavy atom. The maximum absolute atomic E-state index is 5.99. The third-order valence-corrected chi connectivity index (χ3v) is 3.00. The van der Waals surface area contributed by atoms with Crippen LogP contribution in [0.1, 0.15) is 31.9 Å². The lowest BCUT2D eigenvalue weighted by molar-refractivity contribution is 0.414. The highest BCUT2D eigenvalue weighted by Crippen LogP contribution is 2.26. The summed E-state index contributed by atoms with van der Waals surface area (Å²) >= 11 is 0. The van der Waals surface area contributed by atoms with E-state index in [4.69, 9.17) is 4.74 Å². The van der Waals surface area contributed by atoms with Crippen LogP contribution >= 0.6 is 0 Å². The van der Waals surface area contributed by atoms with Gasteiger partial charge in [0, 0.05) is 17.6 Å². The molecule has 0 spiro atoms. The summed E-state index contributed by atoms with van der Waals surface area (Å²) in [4.78, 5) is 0. The summed E-state index contributed by atoms with van der Waals surface area (Å²) in [6.45, 7) is 9.40. The number of hydrogen-bond donors (Lipinski definition) is 1. The molecule has 0 saturated carbocycles. The van der Waals surface area contributed by atoms with Crippen molar-refractivity contribution in [1.82, 2.24) is 5.32 Å². The molecule has 1 N–H and O–H groups in total. The first-order valence-corrected chi connectivity index (χ1v) is 7.01. The Kier molecular flexibility index (Phi) is 4.46. The van der Waals surface area contributed by atoms with Crippen LogP contribution < -0.4 is 10.1 Å². The quantitative estimate of drug-likeness (QED) is 0.870. The lowest BCUT2D eigenvalue weighted by atomic mass is 10.1. The first kappa shape index (κ1) is 14.6. The largest absolute Gasteiger partial charge is 0.457 e. The smallest absolute Gasteiger partial charge is 0.131 e. The molecule has 0 radical (unpaired) electrons. The third-order valence-electron chi connectivity index (χ3n) is 3.00. The number of benzene rings is 2. The molecular weight excluding hydrogens is 246 g/mol. The summed E-state index contributed by atoms with van der Waals surface area (Å²) in [5, 5.41) is 3.51. The standard InChI is InChI=1S/C18H23NO/c1-14-10-11-17(20-16-8-6-5-7-9-16)15(12-14)13-19-18(2,3)4/h5-12,19H,13H2,1-4H3. The van der Waals surface area contributed by atoms with Gasteiger partial charge in [-0.2, -0.15) is 0 Å². The Morgan fingerprint density at radius 1 is 1.00 bits per heavy atom. The predicted octanol–water partition coefficient (Wildman–Crippen LogP) is 4.68. The summed E-state index contributed by atoms with van der Waals surface area (Å²) in [5.41, 5.74) is 2.52. The van der Waals surface area contributed by atoms with Crippen molar-refractivity contribution >= 4 is 0 Å². The van der Waals surface area contributed by atoms with E-state index in [2.05, 4.69) is 45.1 Å². The molecule has 0 aliphatic heterocycles. The van der Waals surface area contributed by atoms with Crippen LogP contribution in [0.5, 0.6) is 11.5 Å². The normalized spacial score (nSPS) is 11.4. The molecule has 20 heavy (non-hydrogen) atoms. The highest BCUT2D eigenvalue weighted by atomic mass is 16.5. The number of aryl methyl sites for hydroxylation is 1. The van der Waals surface area contributed by atoms with Crippen LogP contribution in [0.15, 0.2) is 48.5 Å². The second kappa shape index (κ2) is 6.10. The van der Waals surface area contributed by atoms with E-state index in [-0.39, 0.29) is 5.54 Å². The second-order valence-corrected chi connectivity index (χ2v) is 6.13. The van der Waals surface area contributed by atoms with E-state index < -0.39 is 0 Å². The van der Waals surface area contributed by atoms with Gasteiger partial charge in [-0.1, -0.05) is 35.9 Å². The zero-order chi connectivity index (χ0) is 14.6. The number of para-hydroxylation sites is 1. The Balaban J connectivity index is 2.19. The van der Waals surface area contributed by atoms with E-state index in [0.29, 0.717) is 0 Å². The SMILES string of the molecule is Cc1ccc(Oc2ccccc2)c(CNC(C)(C)C)c1. The molecule has 0 amide bonds. The lowest BCUT2D eigenvalue weighted by Gasteiger charge is -2.22. The van der Waals surface area contributed by atoms with Gasteiger partial charge in [-0.25, -0.2) is 0 Å². The first-order chi connectivity index (χ1) is 9.44. The molecule has 2 aromatic rings. The van der Waals surface area contributed by atoms with E-state index in [9.17, 15) is 0 Å². The Morgan fingerprint density at radius 3 is 2.35 bits per heavy atom. The van der Waals surface area contributed by atoms with Gasteiger partial charge in [0.05, 0.1) is 0 Å². The van der Waals surface area contributed by atoms with Crippen molar-refractivity contribution in [1.29, 1.82) is 0 Å². The van der Waals surface area contributed by atoms with Crippen LogP contribution in [0, 0.1) is 6.92 Å². The summed E-state index contributed by atoms with van der Waals surface area (Å²) in [6, 6.07) is 16.2. The molecule has 106 valence electrons. The van der Waals surface area contributed by atoms with E-state index in [1.54, 1.807) is 0 Å². The molecule has 0 fully saturated rings. The van der Waals surface area contributed by atoms with Gasteiger partial charge in [0.15, 0.2) is 0 Å². The lowest BCUT2D eigenvalue weighted by Crippen LogP contribution is -2.35. The monoisotopic (exact) mass is 269 g/mol. The second-order valence-electron chi connectivity index (χ2n) is 6.13. The number of hydrogen-bond acceptors (Lipinski definition) is 2. The average Bonchev–Trinajstić information content (AvgIpc) is 2.39. The van der Waals surface area contributed by atoms with Gasteiger partial charge in [-0.15, -0.1) is 0 Å². The molecule has 0 bridgehead atoms. The van der Waals surface area contributed by atoms with Crippen LogP contribution in [0.4, 0.5) is 0 Å². The van der Waals surface area contributed by atoms with Gasteiger partial charge < -0.3 is 10.1 Å². The van der Waals surface area contributed by atoms with Crippen molar-refractivity contribution < 1.29 is 4.74 Å². The number of rotatable bonds is 4. The average molecular weight is 269 g/mol. The van der Waals surface area contributed by atoms with Gasteiger partial charge in [-0.05, 0) is 45.9 Å². The third kappa shape index (κ3) is 4.39. The molecule has 0 atom stereocenters. The van der Waals surface area contributed by atoms with E-state index in [1.165, 1.54) is 11.1 Å². The maximum Gasteiger partial charge on any atom is 0.131 e. The van der Waals surface area contributed by atoms with Gasteiger partial charge in [0.25, 0.3) is 0 Å². The van der Waals surface area contributed by atoms with Crippen LogP contribution in [-0.2, 0) is 6.54 Å². The van der Waals surface area contributed by atoms with Gasteiger partial charge in [0.2, 0.25) is 0 Å². The minimum atomic E-state index is 0.0910. The summed E-state index contributed by atoms with van der Waals surface area (Å²) < 4.78 is 5.99.